The minimum Gasteiger partial charge on any atom is -0.385 e. The van der Waals surface area contributed by atoms with Crippen molar-refractivity contribution >= 4 is 17.3 Å². The van der Waals surface area contributed by atoms with E-state index in [4.69, 9.17) is 5.73 Å². The van der Waals surface area contributed by atoms with Crippen LogP contribution >= 0.6 is 0 Å². The third kappa shape index (κ3) is 5.80. The van der Waals surface area contributed by atoms with Crippen molar-refractivity contribution in [1.82, 2.24) is 10.3 Å². The predicted molar refractivity (Wildman–Crippen MR) is 129 cm³/mol. The average Bonchev–Trinajstić information content (AvgIpc) is 3.01. The van der Waals surface area contributed by atoms with Gasteiger partial charge in [0.05, 0.1) is 5.69 Å². The van der Waals surface area contributed by atoms with Gasteiger partial charge in [0.15, 0.2) is 0 Å². The Kier molecular flexibility index (Phi) is 8.36. The zero-order chi connectivity index (χ0) is 22.1. The number of pyridine rings is 1. The van der Waals surface area contributed by atoms with E-state index in [0.29, 0.717) is 12.5 Å². The SMILES string of the molecule is CC.NCCCNC1=CCC(C2C=CC(c3ccc(F)cc3)=CC2)=Cc2ncccc21. The summed E-state index contributed by atoms with van der Waals surface area (Å²) in [7, 11) is 0. The molecule has 2 aliphatic carbocycles. The number of nitrogens with one attached hydrogen (secondary N) is 1. The molecule has 0 saturated carbocycles. The third-order valence-electron chi connectivity index (χ3n) is 5.44. The molecule has 4 heteroatoms. The summed E-state index contributed by atoms with van der Waals surface area (Å²) in [5.74, 6) is 0.137. The van der Waals surface area contributed by atoms with Crippen LogP contribution in [0.25, 0.3) is 17.3 Å². The van der Waals surface area contributed by atoms with E-state index in [-0.39, 0.29) is 5.82 Å². The lowest BCUT2D eigenvalue weighted by molar-refractivity contribution is 0.627. The van der Waals surface area contributed by atoms with Gasteiger partial charge in [-0.3, -0.25) is 4.98 Å². The average molecular weight is 418 g/mol. The van der Waals surface area contributed by atoms with Gasteiger partial charge in [0, 0.05) is 29.9 Å². The summed E-state index contributed by atoms with van der Waals surface area (Å²) in [6.07, 6.45) is 15.8. The smallest absolute Gasteiger partial charge is 0.123 e. The molecule has 1 unspecified atom stereocenters. The molecule has 3 nitrogen and oxygen atoms in total. The molecule has 2 aromatic rings. The van der Waals surface area contributed by atoms with Gasteiger partial charge in [0.2, 0.25) is 0 Å². The van der Waals surface area contributed by atoms with E-state index < -0.39 is 0 Å². The lowest BCUT2D eigenvalue weighted by Gasteiger charge is -2.19. The number of hydrogen-bond acceptors (Lipinski definition) is 3. The minimum atomic E-state index is -0.204. The molecule has 0 aliphatic heterocycles. The van der Waals surface area contributed by atoms with Crippen molar-refractivity contribution in [2.75, 3.05) is 13.1 Å². The van der Waals surface area contributed by atoms with Gasteiger partial charge in [-0.05, 0) is 67.3 Å². The maximum Gasteiger partial charge on any atom is 0.123 e. The van der Waals surface area contributed by atoms with Crippen molar-refractivity contribution in [2.24, 2.45) is 11.7 Å². The van der Waals surface area contributed by atoms with E-state index in [0.717, 1.165) is 53.9 Å². The minimum absolute atomic E-state index is 0.204. The fourth-order valence-corrected chi connectivity index (χ4v) is 3.83. The molecule has 31 heavy (non-hydrogen) atoms. The molecule has 0 bridgehead atoms. The summed E-state index contributed by atoms with van der Waals surface area (Å²) >= 11 is 0. The molecule has 0 saturated heterocycles. The van der Waals surface area contributed by atoms with Gasteiger partial charge in [-0.25, -0.2) is 4.39 Å². The highest BCUT2D eigenvalue weighted by Gasteiger charge is 2.18. The Bertz CT molecular complexity index is 984. The molecule has 1 atom stereocenters. The molecule has 2 aliphatic rings. The lowest BCUT2D eigenvalue weighted by atomic mass is 9.86. The number of nitrogens with zero attached hydrogens (tertiary/aromatic N) is 1. The maximum atomic E-state index is 13.2. The van der Waals surface area contributed by atoms with Gasteiger partial charge in [0.1, 0.15) is 5.82 Å². The third-order valence-corrected chi connectivity index (χ3v) is 5.44. The Morgan fingerprint density at radius 2 is 1.94 bits per heavy atom. The van der Waals surface area contributed by atoms with E-state index >= 15 is 0 Å². The fraction of sp³-hybridized carbons (Fsp3) is 0.296. The molecular weight excluding hydrogens is 385 g/mol. The van der Waals surface area contributed by atoms with Crippen LogP contribution in [-0.2, 0) is 0 Å². The Morgan fingerprint density at radius 1 is 1.13 bits per heavy atom. The second-order valence-electron chi connectivity index (χ2n) is 7.41. The summed E-state index contributed by atoms with van der Waals surface area (Å²) in [4.78, 5) is 4.62. The summed E-state index contributed by atoms with van der Waals surface area (Å²) in [6.45, 7) is 5.54. The monoisotopic (exact) mass is 417 g/mol. The number of allylic oxidation sites excluding steroid dienone is 6. The standard InChI is InChI=1S/C25H26FN3.C2H6/c26-22-11-8-19(9-12-22)18-4-6-20(7-5-18)21-10-13-24(28-16-2-14-27)23-3-1-15-29-25(23)17-21;1-2/h1,3-6,8-9,11-13,15,17,20,28H,2,7,10,14,16,27H2;1-2H3. The Balaban J connectivity index is 0.00000132. The molecule has 0 spiro atoms. The van der Waals surface area contributed by atoms with Gasteiger partial charge in [-0.2, -0.15) is 0 Å². The van der Waals surface area contributed by atoms with E-state index in [1.807, 2.05) is 38.2 Å². The van der Waals surface area contributed by atoms with Crippen LogP contribution in [0.1, 0.15) is 49.9 Å². The van der Waals surface area contributed by atoms with Crippen LogP contribution in [0.4, 0.5) is 4.39 Å². The molecule has 1 aromatic heterocycles. The Morgan fingerprint density at radius 3 is 2.65 bits per heavy atom. The topological polar surface area (TPSA) is 50.9 Å². The van der Waals surface area contributed by atoms with Crippen LogP contribution in [-0.4, -0.2) is 18.1 Å². The first kappa shape index (κ1) is 22.7. The van der Waals surface area contributed by atoms with Crippen LogP contribution in [0.2, 0.25) is 0 Å². The van der Waals surface area contributed by atoms with Crippen LogP contribution in [0, 0.1) is 11.7 Å². The van der Waals surface area contributed by atoms with Gasteiger partial charge >= 0.3 is 0 Å². The Hall–Kier alpha value is -2.98. The summed E-state index contributed by atoms with van der Waals surface area (Å²) < 4.78 is 13.2. The highest BCUT2D eigenvalue weighted by atomic mass is 19.1. The van der Waals surface area contributed by atoms with Crippen molar-refractivity contribution in [3.8, 4) is 0 Å². The van der Waals surface area contributed by atoms with Crippen LogP contribution in [0.5, 0.6) is 0 Å². The number of hydrogen-bond donors (Lipinski definition) is 2. The van der Waals surface area contributed by atoms with Gasteiger partial charge in [-0.1, -0.05) is 55.9 Å². The highest BCUT2D eigenvalue weighted by molar-refractivity contribution is 5.77. The quantitative estimate of drug-likeness (QED) is 0.569. The molecule has 1 heterocycles. The molecule has 0 amide bonds. The molecule has 0 radical (unpaired) electrons. The zero-order valence-electron chi connectivity index (χ0n) is 18.4. The first-order valence-corrected chi connectivity index (χ1v) is 11.2. The van der Waals surface area contributed by atoms with Gasteiger partial charge < -0.3 is 11.1 Å². The summed E-state index contributed by atoms with van der Waals surface area (Å²) in [6, 6.07) is 10.8. The molecule has 1 aromatic carbocycles. The second-order valence-corrected chi connectivity index (χ2v) is 7.41. The van der Waals surface area contributed by atoms with E-state index in [1.165, 1.54) is 17.7 Å². The molecular formula is C27H32FN3. The molecule has 162 valence electrons. The molecule has 4 rings (SSSR count). The summed E-state index contributed by atoms with van der Waals surface area (Å²) in [5.41, 5.74) is 12.5. The largest absolute Gasteiger partial charge is 0.385 e. The number of rotatable bonds is 6. The maximum absolute atomic E-state index is 13.2. The molecule has 0 fully saturated rings. The number of aromatic nitrogens is 1. The number of halogens is 1. The first-order valence-electron chi connectivity index (χ1n) is 11.2. The lowest BCUT2D eigenvalue weighted by Crippen LogP contribution is -2.17. The zero-order valence-corrected chi connectivity index (χ0v) is 18.4. The van der Waals surface area contributed by atoms with Crippen molar-refractivity contribution in [3.63, 3.8) is 0 Å². The van der Waals surface area contributed by atoms with Crippen molar-refractivity contribution in [3.05, 3.63) is 95.1 Å². The van der Waals surface area contributed by atoms with Crippen molar-refractivity contribution < 1.29 is 4.39 Å². The number of nitrogens with two attached hydrogens (primary N) is 1. The van der Waals surface area contributed by atoms with Crippen molar-refractivity contribution in [2.45, 2.75) is 33.1 Å². The summed E-state index contributed by atoms with van der Waals surface area (Å²) in [5, 5.41) is 3.52. The van der Waals surface area contributed by atoms with Crippen LogP contribution < -0.4 is 11.1 Å². The number of benzene rings is 1. The Labute approximate surface area is 185 Å². The first-order chi connectivity index (χ1) is 15.2. The van der Waals surface area contributed by atoms with Crippen molar-refractivity contribution in [1.29, 1.82) is 0 Å². The molecule has 3 N–H and O–H groups in total. The van der Waals surface area contributed by atoms with Crippen LogP contribution in [0.15, 0.2) is 72.5 Å². The normalized spacial score (nSPS) is 17.3. The highest BCUT2D eigenvalue weighted by Crippen LogP contribution is 2.34. The predicted octanol–water partition coefficient (Wildman–Crippen LogP) is 5.97. The van der Waals surface area contributed by atoms with E-state index in [1.54, 1.807) is 0 Å². The van der Waals surface area contributed by atoms with E-state index in [2.05, 4.69) is 46.7 Å². The van der Waals surface area contributed by atoms with Crippen LogP contribution in [0.3, 0.4) is 0 Å². The fourth-order valence-electron chi connectivity index (χ4n) is 3.83. The second kappa shape index (κ2) is 11.4. The van der Waals surface area contributed by atoms with Gasteiger partial charge in [-0.15, -0.1) is 0 Å². The van der Waals surface area contributed by atoms with E-state index in [9.17, 15) is 4.39 Å². The number of fused-ring (bicyclic) bond motifs is 1. The van der Waals surface area contributed by atoms with Gasteiger partial charge in [0.25, 0.3) is 0 Å².